The summed E-state index contributed by atoms with van der Waals surface area (Å²) in [6.07, 6.45) is 2.60. The Labute approximate surface area is 275 Å². The van der Waals surface area contributed by atoms with Gasteiger partial charge in [-0.25, -0.2) is 4.79 Å². The Bertz CT molecular complexity index is 1200. The Morgan fingerprint density at radius 2 is 1.54 bits per heavy atom. The lowest BCUT2D eigenvalue weighted by molar-refractivity contribution is -0.152. The van der Waals surface area contributed by atoms with E-state index in [2.05, 4.69) is 35.9 Å². The van der Waals surface area contributed by atoms with E-state index in [-0.39, 0.29) is 35.8 Å². The van der Waals surface area contributed by atoms with Crippen molar-refractivity contribution in [2.75, 3.05) is 72.3 Å². The molecule has 1 atom stereocenters. The van der Waals surface area contributed by atoms with E-state index in [9.17, 15) is 14.7 Å². The van der Waals surface area contributed by atoms with Crippen LogP contribution in [-0.4, -0.2) is 117 Å². The van der Waals surface area contributed by atoms with Crippen molar-refractivity contribution < 1.29 is 33.6 Å². The van der Waals surface area contributed by atoms with Crippen molar-refractivity contribution in [2.45, 2.75) is 91.9 Å². The standard InChI is InChI=1S/C36H57N3O7/c1-25-22-26(2)31(27(3)23-25)32-33(41)36(46-34(32)42)10-8-29(9-11-36)45-21-20-43-18-16-38-12-14-39(15-13-38)17-19-44-24-30(40)37-28(4)35(5,6)7/h22-23,28-29,41H,8-21,24H2,1-7H3,(H,37,40). The van der Waals surface area contributed by atoms with Crippen LogP contribution < -0.4 is 5.32 Å². The molecule has 4 rings (SSSR count). The Hall–Kier alpha value is -2.50. The van der Waals surface area contributed by atoms with Gasteiger partial charge in [0.25, 0.3) is 0 Å². The van der Waals surface area contributed by atoms with E-state index in [4.69, 9.17) is 18.9 Å². The number of amides is 1. The SMILES string of the molecule is Cc1cc(C)c(C2=C(O)C3(CCC(OCCOCCN4CCN(CCOCC(=O)NC(C)C(C)(C)C)CC4)CC3)OC2=O)c(C)c1. The minimum atomic E-state index is -0.940. The Morgan fingerprint density at radius 3 is 2.11 bits per heavy atom. The molecule has 1 unspecified atom stereocenters. The number of nitrogens with one attached hydrogen (secondary N) is 1. The van der Waals surface area contributed by atoms with Crippen molar-refractivity contribution in [2.24, 2.45) is 5.41 Å². The highest BCUT2D eigenvalue weighted by molar-refractivity contribution is 6.20. The molecule has 2 N–H and O–H groups in total. The van der Waals surface area contributed by atoms with Crippen LogP contribution in [0, 0.1) is 26.2 Å². The molecule has 3 aliphatic rings. The highest BCUT2D eigenvalue weighted by atomic mass is 16.6. The van der Waals surface area contributed by atoms with Gasteiger partial charge in [-0.2, -0.15) is 0 Å². The van der Waals surface area contributed by atoms with Gasteiger partial charge in [0, 0.05) is 45.3 Å². The molecule has 1 aliphatic carbocycles. The van der Waals surface area contributed by atoms with Gasteiger partial charge in [0.1, 0.15) is 12.2 Å². The molecule has 10 nitrogen and oxygen atoms in total. The number of hydrogen-bond donors (Lipinski definition) is 2. The summed E-state index contributed by atoms with van der Waals surface area (Å²) in [5.74, 6) is -0.413. The number of aliphatic hydroxyl groups is 1. The number of aliphatic hydroxyl groups excluding tert-OH is 1. The highest BCUT2D eigenvalue weighted by Crippen LogP contribution is 2.46. The smallest absolute Gasteiger partial charge is 0.343 e. The summed E-state index contributed by atoms with van der Waals surface area (Å²) in [5, 5.41) is 14.3. The Kier molecular flexibility index (Phi) is 12.7. The quantitative estimate of drug-likeness (QED) is 0.226. The second-order valence-corrected chi connectivity index (χ2v) is 14.5. The lowest BCUT2D eigenvalue weighted by atomic mass is 9.80. The first-order valence-corrected chi connectivity index (χ1v) is 17.1. The number of piperazine rings is 1. The monoisotopic (exact) mass is 643 g/mol. The van der Waals surface area contributed by atoms with Crippen LogP contribution in [0.1, 0.15) is 75.6 Å². The number of ether oxygens (including phenoxy) is 4. The van der Waals surface area contributed by atoms with E-state index < -0.39 is 11.6 Å². The molecule has 0 radical (unpaired) electrons. The third-order valence-corrected chi connectivity index (χ3v) is 9.89. The Morgan fingerprint density at radius 1 is 0.978 bits per heavy atom. The van der Waals surface area contributed by atoms with Crippen molar-refractivity contribution in [3.8, 4) is 0 Å². The molecule has 1 amide bonds. The van der Waals surface area contributed by atoms with Crippen molar-refractivity contribution in [3.63, 3.8) is 0 Å². The van der Waals surface area contributed by atoms with Gasteiger partial charge in [-0.1, -0.05) is 38.5 Å². The van der Waals surface area contributed by atoms with Crippen LogP contribution in [0.2, 0.25) is 0 Å². The average molecular weight is 644 g/mol. The molecule has 1 aromatic rings. The van der Waals surface area contributed by atoms with Crippen LogP contribution in [0.4, 0.5) is 0 Å². The first kappa shape index (κ1) is 36.3. The zero-order chi connectivity index (χ0) is 33.5. The average Bonchev–Trinajstić information content (AvgIpc) is 3.22. The highest BCUT2D eigenvalue weighted by Gasteiger charge is 2.51. The number of nitrogens with zero attached hydrogens (tertiary/aromatic N) is 2. The summed E-state index contributed by atoms with van der Waals surface area (Å²) in [6.45, 7) is 22.4. The van der Waals surface area contributed by atoms with Crippen molar-refractivity contribution >= 4 is 17.4 Å². The number of benzene rings is 1. The molecule has 2 aliphatic heterocycles. The van der Waals surface area contributed by atoms with Crippen molar-refractivity contribution in [1.29, 1.82) is 0 Å². The van der Waals surface area contributed by atoms with Crippen LogP contribution in [0.5, 0.6) is 0 Å². The van der Waals surface area contributed by atoms with Crippen LogP contribution in [-0.2, 0) is 28.5 Å². The molecule has 1 saturated carbocycles. The van der Waals surface area contributed by atoms with Gasteiger partial charge in [-0.3, -0.25) is 14.6 Å². The van der Waals surface area contributed by atoms with E-state index >= 15 is 0 Å². The lowest BCUT2D eigenvalue weighted by Gasteiger charge is -2.35. The van der Waals surface area contributed by atoms with E-state index in [1.165, 1.54) is 0 Å². The molecule has 1 spiro atoms. The molecule has 0 aromatic heterocycles. The molecule has 0 bridgehead atoms. The largest absolute Gasteiger partial charge is 0.507 e. The second kappa shape index (κ2) is 16.1. The molecular formula is C36H57N3O7. The zero-order valence-electron chi connectivity index (χ0n) is 29.2. The molecule has 10 heteroatoms. The van der Waals surface area contributed by atoms with Gasteiger partial charge in [0.2, 0.25) is 5.91 Å². The summed E-state index contributed by atoms with van der Waals surface area (Å²) >= 11 is 0. The van der Waals surface area contributed by atoms with Gasteiger partial charge < -0.3 is 29.4 Å². The summed E-state index contributed by atoms with van der Waals surface area (Å²) in [5.41, 5.74) is 3.27. The van der Waals surface area contributed by atoms with Gasteiger partial charge in [-0.15, -0.1) is 0 Å². The number of carbonyl (C=O) groups excluding carboxylic acids is 2. The minimum Gasteiger partial charge on any atom is -0.507 e. The second-order valence-electron chi connectivity index (χ2n) is 14.5. The first-order valence-electron chi connectivity index (χ1n) is 17.1. The van der Waals surface area contributed by atoms with Crippen LogP contribution >= 0.6 is 0 Å². The molecule has 2 fully saturated rings. The van der Waals surface area contributed by atoms with Crippen molar-refractivity contribution in [1.82, 2.24) is 15.1 Å². The third-order valence-electron chi connectivity index (χ3n) is 9.89. The molecule has 1 aromatic carbocycles. The summed E-state index contributed by atoms with van der Waals surface area (Å²) in [4.78, 5) is 29.8. The fourth-order valence-corrected chi connectivity index (χ4v) is 6.62. The lowest BCUT2D eigenvalue weighted by Crippen LogP contribution is -2.48. The van der Waals surface area contributed by atoms with Gasteiger partial charge in [0.05, 0.1) is 32.5 Å². The molecule has 258 valence electrons. The normalized spacial score (nSPS) is 23.6. The maximum absolute atomic E-state index is 12.9. The van der Waals surface area contributed by atoms with Gasteiger partial charge >= 0.3 is 5.97 Å². The number of rotatable bonds is 14. The molecule has 46 heavy (non-hydrogen) atoms. The maximum Gasteiger partial charge on any atom is 0.343 e. The summed E-state index contributed by atoms with van der Waals surface area (Å²) in [7, 11) is 0. The topological polar surface area (TPSA) is 110 Å². The van der Waals surface area contributed by atoms with Gasteiger partial charge in [0.15, 0.2) is 11.4 Å². The fourth-order valence-electron chi connectivity index (χ4n) is 6.62. The predicted molar refractivity (Wildman–Crippen MR) is 179 cm³/mol. The first-order chi connectivity index (χ1) is 21.8. The molecular weight excluding hydrogens is 586 g/mol. The minimum absolute atomic E-state index is 0.0278. The number of hydrogen-bond acceptors (Lipinski definition) is 9. The summed E-state index contributed by atoms with van der Waals surface area (Å²) in [6, 6.07) is 4.17. The number of aryl methyl sites for hydroxylation is 3. The fraction of sp³-hybridized carbons (Fsp3) is 0.722. The van der Waals surface area contributed by atoms with E-state index in [1.54, 1.807) is 0 Å². The van der Waals surface area contributed by atoms with Crippen LogP contribution in [0.3, 0.4) is 0 Å². The number of esters is 1. The maximum atomic E-state index is 12.9. The van der Waals surface area contributed by atoms with E-state index in [0.29, 0.717) is 44.8 Å². The zero-order valence-corrected chi connectivity index (χ0v) is 29.2. The Balaban J connectivity index is 1.05. The van der Waals surface area contributed by atoms with E-state index in [1.807, 2.05) is 39.8 Å². The van der Waals surface area contributed by atoms with E-state index in [0.717, 1.165) is 74.4 Å². The van der Waals surface area contributed by atoms with Crippen molar-refractivity contribution in [3.05, 3.63) is 40.1 Å². The van der Waals surface area contributed by atoms with Gasteiger partial charge in [-0.05, 0) is 75.5 Å². The van der Waals surface area contributed by atoms with Crippen LogP contribution in [0.15, 0.2) is 17.9 Å². The molecule has 2 heterocycles. The third kappa shape index (κ3) is 9.53. The number of carbonyl (C=O) groups is 2. The summed E-state index contributed by atoms with van der Waals surface area (Å²) < 4.78 is 23.4. The predicted octanol–water partition coefficient (Wildman–Crippen LogP) is 4.34. The van der Waals surface area contributed by atoms with Crippen LogP contribution in [0.25, 0.3) is 5.57 Å². The molecule has 1 saturated heterocycles.